The Balaban J connectivity index is 2.34. The zero-order chi connectivity index (χ0) is 14.3. The van der Waals surface area contributed by atoms with Gasteiger partial charge in [0.2, 0.25) is 11.8 Å². The van der Waals surface area contributed by atoms with Crippen LogP contribution in [0.1, 0.15) is 25.8 Å². The summed E-state index contributed by atoms with van der Waals surface area (Å²) in [5, 5.41) is 5.32. The van der Waals surface area contributed by atoms with Crippen molar-refractivity contribution >= 4 is 11.8 Å². The van der Waals surface area contributed by atoms with Gasteiger partial charge in [0.05, 0.1) is 0 Å². The van der Waals surface area contributed by atoms with Crippen molar-refractivity contribution in [2.45, 2.75) is 32.7 Å². The zero-order valence-corrected chi connectivity index (χ0v) is 11.2. The van der Waals surface area contributed by atoms with Crippen LogP contribution in [0, 0.1) is 5.82 Å². The Labute approximate surface area is 112 Å². The van der Waals surface area contributed by atoms with Crippen molar-refractivity contribution in [1.29, 1.82) is 0 Å². The largest absolute Gasteiger partial charge is 0.356 e. The second-order valence-corrected chi connectivity index (χ2v) is 4.50. The van der Waals surface area contributed by atoms with Crippen molar-refractivity contribution in [3.63, 3.8) is 0 Å². The van der Waals surface area contributed by atoms with Crippen LogP contribution in [0.3, 0.4) is 0 Å². The van der Waals surface area contributed by atoms with Gasteiger partial charge in [0.15, 0.2) is 0 Å². The molecule has 0 spiro atoms. The Kier molecular flexibility index (Phi) is 5.99. The van der Waals surface area contributed by atoms with Crippen molar-refractivity contribution in [1.82, 2.24) is 10.6 Å². The second-order valence-electron chi connectivity index (χ2n) is 4.50. The maximum atomic E-state index is 13.4. The normalized spacial score (nSPS) is 11.7. The molecule has 1 rings (SSSR count). The first kappa shape index (κ1) is 15.1. The maximum Gasteiger partial charge on any atom is 0.221 e. The maximum absolute atomic E-state index is 13.4. The predicted molar refractivity (Wildman–Crippen MR) is 71.0 cm³/mol. The van der Waals surface area contributed by atoms with Gasteiger partial charge in [-0.25, -0.2) is 4.39 Å². The summed E-state index contributed by atoms with van der Waals surface area (Å²) in [6, 6.07) is 6.36. The third-order valence-corrected chi connectivity index (χ3v) is 2.62. The van der Waals surface area contributed by atoms with Crippen LogP contribution in [0.15, 0.2) is 24.3 Å². The summed E-state index contributed by atoms with van der Waals surface area (Å²) in [5.41, 5.74) is 0.581. The highest BCUT2D eigenvalue weighted by Crippen LogP contribution is 2.08. The Morgan fingerprint density at radius 3 is 2.63 bits per heavy atom. The van der Waals surface area contributed by atoms with E-state index in [1.165, 1.54) is 13.0 Å². The molecule has 2 amide bonds. The molecule has 5 heteroatoms. The van der Waals surface area contributed by atoms with Crippen molar-refractivity contribution < 1.29 is 14.0 Å². The molecule has 0 aliphatic heterocycles. The molecule has 2 N–H and O–H groups in total. The number of hydrogen-bond acceptors (Lipinski definition) is 2. The number of amides is 2. The van der Waals surface area contributed by atoms with Crippen molar-refractivity contribution in [3.8, 4) is 0 Å². The third kappa shape index (κ3) is 5.99. The van der Waals surface area contributed by atoms with Gasteiger partial charge in [-0.1, -0.05) is 18.2 Å². The van der Waals surface area contributed by atoms with Crippen molar-refractivity contribution in [3.05, 3.63) is 35.6 Å². The second kappa shape index (κ2) is 7.51. The van der Waals surface area contributed by atoms with E-state index in [9.17, 15) is 14.0 Å². The van der Waals surface area contributed by atoms with Gasteiger partial charge < -0.3 is 10.6 Å². The van der Waals surface area contributed by atoms with E-state index in [2.05, 4.69) is 10.6 Å². The summed E-state index contributed by atoms with van der Waals surface area (Å²) >= 11 is 0. The van der Waals surface area contributed by atoms with E-state index in [4.69, 9.17) is 0 Å². The number of benzene rings is 1. The smallest absolute Gasteiger partial charge is 0.221 e. The van der Waals surface area contributed by atoms with E-state index in [1.807, 2.05) is 6.92 Å². The van der Waals surface area contributed by atoms with Gasteiger partial charge in [-0.3, -0.25) is 9.59 Å². The summed E-state index contributed by atoms with van der Waals surface area (Å²) in [5.74, 6) is -0.577. The molecule has 0 aliphatic rings. The van der Waals surface area contributed by atoms with Crippen LogP contribution >= 0.6 is 0 Å². The van der Waals surface area contributed by atoms with E-state index in [0.29, 0.717) is 18.5 Å². The number of hydrogen-bond donors (Lipinski definition) is 2. The van der Waals surface area contributed by atoms with Gasteiger partial charge in [-0.15, -0.1) is 0 Å². The topological polar surface area (TPSA) is 58.2 Å². The molecule has 0 saturated carbocycles. The molecule has 1 atom stereocenters. The Hall–Kier alpha value is -1.91. The lowest BCUT2D eigenvalue weighted by atomic mass is 10.1. The lowest BCUT2D eigenvalue weighted by Gasteiger charge is -2.14. The molecule has 0 radical (unpaired) electrons. The molecular formula is C14H19FN2O2. The molecule has 0 heterocycles. The van der Waals surface area contributed by atoms with Crippen molar-refractivity contribution in [2.75, 3.05) is 6.54 Å². The lowest BCUT2D eigenvalue weighted by Crippen LogP contribution is -2.36. The van der Waals surface area contributed by atoms with Gasteiger partial charge in [0.25, 0.3) is 0 Å². The van der Waals surface area contributed by atoms with Gasteiger partial charge in [0.1, 0.15) is 5.82 Å². The summed E-state index contributed by atoms with van der Waals surface area (Å²) < 4.78 is 13.4. The molecule has 104 valence electrons. The van der Waals surface area contributed by atoms with Crippen LogP contribution in [-0.4, -0.2) is 24.4 Å². The van der Waals surface area contributed by atoms with Crippen LogP contribution in [0.4, 0.5) is 4.39 Å². The van der Waals surface area contributed by atoms with E-state index >= 15 is 0 Å². The van der Waals surface area contributed by atoms with Gasteiger partial charge in [0, 0.05) is 25.9 Å². The molecule has 0 fully saturated rings. The van der Waals surface area contributed by atoms with E-state index in [0.717, 1.165) is 0 Å². The van der Waals surface area contributed by atoms with Crippen LogP contribution in [0.25, 0.3) is 0 Å². The highest BCUT2D eigenvalue weighted by Gasteiger charge is 2.10. The fourth-order valence-electron chi connectivity index (χ4n) is 1.74. The summed E-state index contributed by atoms with van der Waals surface area (Å²) in [7, 11) is 0. The molecule has 0 aliphatic carbocycles. The van der Waals surface area contributed by atoms with Gasteiger partial charge in [-0.05, 0) is 25.0 Å². The number of carbonyl (C=O) groups excluding carboxylic acids is 2. The minimum atomic E-state index is -0.262. The van der Waals surface area contributed by atoms with E-state index < -0.39 is 0 Å². The SMILES string of the molecule is CC(=O)NCCC(=O)N[C@@H](C)Cc1ccccc1F. The Bertz CT molecular complexity index is 449. The van der Waals surface area contributed by atoms with Crippen molar-refractivity contribution in [2.24, 2.45) is 0 Å². The number of rotatable bonds is 6. The van der Waals surface area contributed by atoms with Gasteiger partial charge in [-0.2, -0.15) is 0 Å². The molecule has 1 aromatic rings. The molecule has 0 aromatic heterocycles. The van der Waals surface area contributed by atoms with E-state index in [1.54, 1.807) is 18.2 Å². The van der Waals surface area contributed by atoms with Crippen LogP contribution in [0.5, 0.6) is 0 Å². The summed E-state index contributed by atoms with van der Waals surface area (Å²) in [4.78, 5) is 22.2. The monoisotopic (exact) mass is 266 g/mol. The molecular weight excluding hydrogens is 247 g/mol. The highest BCUT2D eigenvalue weighted by atomic mass is 19.1. The third-order valence-electron chi connectivity index (χ3n) is 2.62. The van der Waals surface area contributed by atoms with Crippen LogP contribution in [-0.2, 0) is 16.0 Å². The minimum absolute atomic E-state index is 0.151. The van der Waals surface area contributed by atoms with Crippen LogP contribution < -0.4 is 10.6 Å². The summed E-state index contributed by atoms with van der Waals surface area (Å²) in [6.07, 6.45) is 0.666. The molecule has 0 saturated heterocycles. The Morgan fingerprint density at radius 1 is 1.32 bits per heavy atom. The lowest BCUT2D eigenvalue weighted by molar-refractivity contribution is -0.122. The fourth-order valence-corrected chi connectivity index (χ4v) is 1.74. The molecule has 0 unspecified atom stereocenters. The quantitative estimate of drug-likeness (QED) is 0.817. The molecule has 0 bridgehead atoms. The predicted octanol–water partition coefficient (Wildman–Crippen LogP) is 1.40. The molecule has 1 aromatic carbocycles. The standard InChI is InChI=1S/C14H19FN2O2/c1-10(9-12-5-3-4-6-13(12)15)17-14(19)7-8-16-11(2)18/h3-6,10H,7-9H2,1-2H3,(H,16,18)(H,17,19)/t10-/m0/s1. The number of halogens is 1. The minimum Gasteiger partial charge on any atom is -0.356 e. The highest BCUT2D eigenvalue weighted by molar-refractivity contribution is 5.78. The average Bonchev–Trinajstić information content (AvgIpc) is 2.31. The first-order valence-corrected chi connectivity index (χ1v) is 6.26. The number of carbonyl (C=O) groups is 2. The number of nitrogens with one attached hydrogen (secondary N) is 2. The van der Waals surface area contributed by atoms with E-state index in [-0.39, 0.29) is 30.1 Å². The fraction of sp³-hybridized carbons (Fsp3) is 0.429. The summed E-state index contributed by atoms with van der Waals surface area (Å²) in [6.45, 7) is 3.54. The van der Waals surface area contributed by atoms with Crippen LogP contribution in [0.2, 0.25) is 0 Å². The van der Waals surface area contributed by atoms with Gasteiger partial charge >= 0.3 is 0 Å². The molecule has 19 heavy (non-hydrogen) atoms. The average molecular weight is 266 g/mol. The Morgan fingerprint density at radius 2 is 2.00 bits per heavy atom. The first-order valence-electron chi connectivity index (χ1n) is 6.26. The zero-order valence-electron chi connectivity index (χ0n) is 11.2. The first-order chi connectivity index (χ1) is 8.99. The molecule has 4 nitrogen and oxygen atoms in total.